The molecule has 0 rings (SSSR count). The van der Waals surface area contributed by atoms with Crippen LogP contribution in [0.3, 0.4) is 0 Å². The van der Waals surface area contributed by atoms with Gasteiger partial charge in [0, 0.05) is 0 Å². The molecular formula is C31H64. The van der Waals surface area contributed by atoms with Crippen molar-refractivity contribution < 1.29 is 0 Å². The Morgan fingerprint density at radius 1 is 0.323 bits per heavy atom. The maximum atomic E-state index is 2.42. The summed E-state index contributed by atoms with van der Waals surface area (Å²) in [7, 11) is 0. The summed E-state index contributed by atoms with van der Waals surface area (Å²) in [5.74, 6) is 1.78. The molecule has 31 heavy (non-hydrogen) atoms. The topological polar surface area (TPSA) is 0 Å². The zero-order valence-corrected chi connectivity index (χ0v) is 22.8. The summed E-state index contributed by atoms with van der Waals surface area (Å²) < 4.78 is 0. The van der Waals surface area contributed by atoms with Crippen molar-refractivity contribution in [2.24, 2.45) is 11.8 Å². The molecular weight excluding hydrogens is 372 g/mol. The molecule has 0 saturated heterocycles. The third-order valence-electron chi connectivity index (χ3n) is 7.65. The van der Waals surface area contributed by atoms with Crippen molar-refractivity contribution in [3.8, 4) is 0 Å². The molecule has 0 N–H and O–H groups in total. The number of rotatable bonds is 26. The van der Waals surface area contributed by atoms with Crippen molar-refractivity contribution in [2.75, 3.05) is 0 Å². The van der Waals surface area contributed by atoms with Gasteiger partial charge >= 0.3 is 0 Å². The summed E-state index contributed by atoms with van der Waals surface area (Å²) in [6, 6.07) is 0. The van der Waals surface area contributed by atoms with Gasteiger partial charge in [-0.2, -0.15) is 0 Å². The standard InChI is InChI=1S/C31H64/c1-5-6-7-8-9-10-11-12-13-14-15-16-17-18-19-20-21-22-23-24-25-26-27-28-29-31(4)30(2)3/h30-31H,5-29H2,1-4H3/t31-/m0/s1. The number of hydrogen-bond donors (Lipinski definition) is 0. The van der Waals surface area contributed by atoms with E-state index in [0.29, 0.717) is 0 Å². The molecule has 0 aliphatic heterocycles. The summed E-state index contributed by atoms with van der Waals surface area (Å²) in [4.78, 5) is 0. The Hall–Kier alpha value is 0. The van der Waals surface area contributed by atoms with Crippen molar-refractivity contribution >= 4 is 0 Å². The van der Waals surface area contributed by atoms with Crippen molar-refractivity contribution in [1.82, 2.24) is 0 Å². The van der Waals surface area contributed by atoms with E-state index in [-0.39, 0.29) is 0 Å². The van der Waals surface area contributed by atoms with Gasteiger partial charge < -0.3 is 0 Å². The van der Waals surface area contributed by atoms with Crippen LogP contribution in [0, 0.1) is 11.8 Å². The van der Waals surface area contributed by atoms with E-state index < -0.39 is 0 Å². The molecule has 0 amide bonds. The van der Waals surface area contributed by atoms with Gasteiger partial charge in [-0.3, -0.25) is 0 Å². The van der Waals surface area contributed by atoms with Gasteiger partial charge in [0.15, 0.2) is 0 Å². The lowest BCUT2D eigenvalue weighted by molar-refractivity contribution is 0.374. The minimum absolute atomic E-state index is 0.865. The van der Waals surface area contributed by atoms with Crippen LogP contribution in [0.15, 0.2) is 0 Å². The first-order valence-electron chi connectivity index (χ1n) is 15.2. The van der Waals surface area contributed by atoms with Crippen LogP contribution in [-0.2, 0) is 0 Å². The number of unbranched alkanes of at least 4 members (excludes halogenated alkanes) is 23. The average Bonchev–Trinajstić information content (AvgIpc) is 2.76. The van der Waals surface area contributed by atoms with Crippen LogP contribution >= 0.6 is 0 Å². The summed E-state index contributed by atoms with van der Waals surface area (Å²) >= 11 is 0. The molecule has 0 heteroatoms. The van der Waals surface area contributed by atoms with Gasteiger partial charge in [-0.15, -0.1) is 0 Å². The second kappa shape index (κ2) is 26.3. The predicted octanol–water partition coefficient (Wildman–Crippen LogP) is 12.1. The van der Waals surface area contributed by atoms with Gasteiger partial charge in [0.1, 0.15) is 0 Å². The predicted molar refractivity (Wildman–Crippen MR) is 145 cm³/mol. The van der Waals surface area contributed by atoms with Gasteiger partial charge in [-0.25, -0.2) is 0 Å². The molecule has 0 spiro atoms. The fourth-order valence-corrected chi connectivity index (χ4v) is 4.76. The smallest absolute Gasteiger partial charge is 0.0420 e. The summed E-state index contributed by atoms with van der Waals surface area (Å²) in [6.45, 7) is 9.46. The van der Waals surface area contributed by atoms with Crippen LogP contribution in [0.5, 0.6) is 0 Å². The molecule has 0 aromatic carbocycles. The highest BCUT2D eigenvalue weighted by Crippen LogP contribution is 2.19. The van der Waals surface area contributed by atoms with Crippen molar-refractivity contribution in [3.05, 3.63) is 0 Å². The van der Waals surface area contributed by atoms with E-state index in [2.05, 4.69) is 27.7 Å². The first-order valence-corrected chi connectivity index (χ1v) is 15.2. The van der Waals surface area contributed by atoms with E-state index in [4.69, 9.17) is 0 Å². The van der Waals surface area contributed by atoms with Gasteiger partial charge in [-0.05, 0) is 11.8 Å². The average molecular weight is 437 g/mol. The molecule has 0 bridgehead atoms. The van der Waals surface area contributed by atoms with Crippen LogP contribution in [0.2, 0.25) is 0 Å². The van der Waals surface area contributed by atoms with E-state index >= 15 is 0 Å². The number of hydrogen-bond acceptors (Lipinski definition) is 0. The van der Waals surface area contributed by atoms with Crippen LogP contribution in [-0.4, -0.2) is 0 Å². The third kappa shape index (κ3) is 26.1. The Balaban J connectivity index is 3.04. The lowest BCUT2D eigenvalue weighted by atomic mass is 9.92. The van der Waals surface area contributed by atoms with E-state index in [9.17, 15) is 0 Å². The maximum Gasteiger partial charge on any atom is -0.0420 e. The molecule has 188 valence electrons. The molecule has 1 atom stereocenters. The van der Waals surface area contributed by atoms with Gasteiger partial charge in [0.05, 0.1) is 0 Å². The molecule has 0 heterocycles. The maximum absolute atomic E-state index is 2.42. The van der Waals surface area contributed by atoms with Gasteiger partial charge in [-0.1, -0.05) is 188 Å². The Kier molecular flexibility index (Phi) is 26.3. The molecule has 0 fully saturated rings. The summed E-state index contributed by atoms with van der Waals surface area (Å²) in [5, 5.41) is 0. The molecule has 0 aliphatic carbocycles. The zero-order valence-electron chi connectivity index (χ0n) is 22.8. The van der Waals surface area contributed by atoms with E-state index in [1.54, 1.807) is 0 Å². The molecule has 0 aliphatic rings. The van der Waals surface area contributed by atoms with Crippen molar-refractivity contribution in [2.45, 2.75) is 188 Å². The highest BCUT2D eigenvalue weighted by molar-refractivity contribution is 4.57. The molecule has 0 unspecified atom stereocenters. The Bertz CT molecular complexity index is 305. The minimum atomic E-state index is 0.865. The molecule has 0 aromatic rings. The monoisotopic (exact) mass is 437 g/mol. The largest absolute Gasteiger partial charge is 0.0654 e. The molecule has 0 saturated carbocycles. The highest BCUT2D eigenvalue weighted by Gasteiger charge is 2.05. The lowest BCUT2D eigenvalue weighted by Crippen LogP contribution is -2.03. The molecule has 0 nitrogen and oxygen atoms in total. The fraction of sp³-hybridized carbons (Fsp3) is 1.00. The first-order chi connectivity index (χ1) is 15.2. The summed E-state index contributed by atoms with van der Waals surface area (Å²) in [5.41, 5.74) is 0. The highest BCUT2D eigenvalue weighted by atomic mass is 14.1. The normalized spacial score (nSPS) is 12.7. The van der Waals surface area contributed by atoms with E-state index in [1.807, 2.05) is 0 Å². The molecule has 0 radical (unpaired) electrons. The van der Waals surface area contributed by atoms with Crippen molar-refractivity contribution in [3.63, 3.8) is 0 Å². The lowest BCUT2D eigenvalue weighted by Gasteiger charge is -2.14. The fourth-order valence-electron chi connectivity index (χ4n) is 4.76. The van der Waals surface area contributed by atoms with E-state index in [1.165, 1.54) is 161 Å². The second-order valence-electron chi connectivity index (χ2n) is 11.1. The van der Waals surface area contributed by atoms with Gasteiger partial charge in [0.25, 0.3) is 0 Å². The second-order valence-corrected chi connectivity index (χ2v) is 11.1. The molecule has 0 aromatic heterocycles. The van der Waals surface area contributed by atoms with Crippen LogP contribution < -0.4 is 0 Å². The van der Waals surface area contributed by atoms with Crippen molar-refractivity contribution in [1.29, 1.82) is 0 Å². The SMILES string of the molecule is CCCCCCCCCCCCCCCCCCCCCCCCCC[C@H](C)C(C)C. The Labute approximate surface area is 200 Å². The first kappa shape index (κ1) is 31.0. The van der Waals surface area contributed by atoms with Crippen LogP contribution in [0.4, 0.5) is 0 Å². The third-order valence-corrected chi connectivity index (χ3v) is 7.65. The van der Waals surface area contributed by atoms with Crippen LogP contribution in [0.25, 0.3) is 0 Å². The quantitative estimate of drug-likeness (QED) is 0.118. The van der Waals surface area contributed by atoms with E-state index in [0.717, 1.165) is 11.8 Å². The zero-order chi connectivity index (χ0) is 22.8. The Morgan fingerprint density at radius 3 is 0.774 bits per heavy atom. The minimum Gasteiger partial charge on any atom is -0.0654 e. The Morgan fingerprint density at radius 2 is 0.548 bits per heavy atom. The van der Waals surface area contributed by atoms with Crippen LogP contribution in [0.1, 0.15) is 188 Å². The summed E-state index contributed by atoms with van der Waals surface area (Å²) in [6.07, 6.45) is 36.9. The van der Waals surface area contributed by atoms with Gasteiger partial charge in [0.2, 0.25) is 0 Å².